The first-order chi connectivity index (χ1) is 12.3. The van der Waals surface area contributed by atoms with Crippen LogP contribution in [0, 0.1) is 0 Å². The van der Waals surface area contributed by atoms with Crippen LogP contribution in [0.1, 0.15) is 18.4 Å². The van der Waals surface area contributed by atoms with Gasteiger partial charge in [-0.05, 0) is 37.0 Å². The Bertz CT molecular complexity index is 643. The molecule has 3 rings (SSSR count). The quantitative estimate of drug-likeness (QED) is 0.782. The van der Waals surface area contributed by atoms with Crippen molar-refractivity contribution >= 4 is 11.7 Å². The number of anilines is 1. The maximum Gasteiger partial charge on any atom is 0.248 e. The fourth-order valence-electron chi connectivity index (χ4n) is 2.95. The van der Waals surface area contributed by atoms with E-state index in [1.165, 1.54) is 5.56 Å². The Labute approximate surface area is 148 Å². The van der Waals surface area contributed by atoms with Crippen LogP contribution in [-0.4, -0.2) is 53.3 Å². The van der Waals surface area contributed by atoms with Crippen LogP contribution in [0.25, 0.3) is 0 Å². The van der Waals surface area contributed by atoms with Crippen LogP contribution < -0.4 is 5.32 Å². The molecule has 0 radical (unpaired) electrons. The summed E-state index contributed by atoms with van der Waals surface area (Å²) in [5.74, 6) is 0.863. The molecule has 6 heteroatoms. The van der Waals surface area contributed by atoms with E-state index in [1.807, 2.05) is 35.2 Å². The fourth-order valence-corrected chi connectivity index (χ4v) is 2.95. The maximum absolute atomic E-state index is 12.2. The first kappa shape index (κ1) is 17.4. The average Bonchev–Trinajstić information content (AvgIpc) is 2.67. The summed E-state index contributed by atoms with van der Waals surface area (Å²) in [5, 5.41) is 11.3. The van der Waals surface area contributed by atoms with Gasteiger partial charge in [0.05, 0.1) is 6.61 Å². The number of likely N-dealkylation sites (tertiary alicyclic amines) is 1. The third-order valence-electron chi connectivity index (χ3n) is 4.38. The SMILES string of the molecule is O=C(COCCc1ccccc1)N1CCC(Nc2cccnn2)CC1. The van der Waals surface area contributed by atoms with Crippen LogP contribution in [0.3, 0.4) is 0 Å². The molecule has 1 saturated heterocycles. The lowest BCUT2D eigenvalue weighted by molar-refractivity contribution is -0.137. The van der Waals surface area contributed by atoms with Gasteiger partial charge in [0.25, 0.3) is 0 Å². The molecule has 2 heterocycles. The fraction of sp³-hybridized carbons (Fsp3) is 0.421. The second kappa shape index (κ2) is 9.13. The topological polar surface area (TPSA) is 67.3 Å². The molecule has 1 amide bonds. The molecule has 0 bridgehead atoms. The summed E-state index contributed by atoms with van der Waals surface area (Å²) in [4.78, 5) is 14.1. The molecule has 1 N–H and O–H groups in total. The lowest BCUT2D eigenvalue weighted by Crippen LogP contribution is -2.44. The minimum Gasteiger partial charge on any atom is -0.371 e. The van der Waals surface area contributed by atoms with Gasteiger partial charge in [-0.15, -0.1) is 5.10 Å². The maximum atomic E-state index is 12.2. The van der Waals surface area contributed by atoms with E-state index in [-0.39, 0.29) is 12.5 Å². The Balaban J connectivity index is 1.33. The summed E-state index contributed by atoms with van der Waals surface area (Å²) < 4.78 is 5.55. The van der Waals surface area contributed by atoms with Crippen molar-refractivity contribution in [1.29, 1.82) is 0 Å². The number of hydrogen-bond acceptors (Lipinski definition) is 5. The van der Waals surface area contributed by atoms with E-state index in [4.69, 9.17) is 4.74 Å². The molecule has 0 spiro atoms. The van der Waals surface area contributed by atoms with E-state index in [0.29, 0.717) is 12.6 Å². The van der Waals surface area contributed by atoms with E-state index in [1.54, 1.807) is 6.20 Å². The van der Waals surface area contributed by atoms with Crippen molar-refractivity contribution in [3.63, 3.8) is 0 Å². The molecule has 1 aliphatic heterocycles. The third kappa shape index (κ3) is 5.53. The molecule has 132 valence electrons. The Morgan fingerprint density at radius 1 is 1.16 bits per heavy atom. The van der Waals surface area contributed by atoms with E-state index >= 15 is 0 Å². The number of carbonyl (C=O) groups excluding carboxylic acids is 1. The lowest BCUT2D eigenvalue weighted by Gasteiger charge is -2.32. The monoisotopic (exact) mass is 340 g/mol. The highest BCUT2D eigenvalue weighted by atomic mass is 16.5. The minimum atomic E-state index is 0.0750. The lowest BCUT2D eigenvalue weighted by atomic mass is 10.1. The Hall–Kier alpha value is -2.47. The molecule has 1 fully saturated rings. The smallest absolute Gasteiger partial charge is 0.248 e. The number of amides is 1. The van der Waals surface area contributed by atoms with Crippen molar-refractivity contribution in [1.82, 2.24) is 15.1 Å². The van der Waals surface area contributed by atoms with Crippen molar-refractivity contribution in [2.45, 2.75) is 25.3 Å². The molecule has 25 heavy (non-hydrogen) atoms. The number of rotatable bonds is 7. The van der Waals surface area contributed by atoms with Gasteiger partial charge < -0.3 is 15.0 Å². The zero-order valence-electron chi connectivity index (χ0n) is 14.3. The number of nitrogens with zero attached hydrogens (tertiary/aromatic N) is 3. The summed E-state index contributed by atoms with van der Waals surface area (Å²) >= 11 is 0. The van der Waals surface area contributed by atoms with E-state index in [2.05, 4.69) is 27.6 Å². The highest BCUT2D eigenvalue weighted by Gasteiger charge is 2.22. The molecule has 0 saturated carbocycles. The van der Waals surface area contributed by atoms with Gasteiger partial charge in [-0.1, -0.05) is 30.3 Å². The molecule has 2 aromatic rings. The summed E-state index contributed by atoms with van der Waals surface area (Å²) in [7, 11) is 0. The van der Waals surface area contributed by atoms with Crippen LogP contribution in [0.2, 0.25) is 0 Å². The van der Waals surface area contributed by atoms with Gasteiger partial charge >= 0.3 is 0 Å². The van der Waals surface area contributed by atoms with E-state index in [9.17, 15) is 4.79 Å². The summed E-state index contributed by atoms with van der Waals surface area (Å²) in [6.07, 6.45) is 4.31. The second-order valence-corrected chi connectivity index (χ2v) is 6.20. The predicted molar refractivity (Wildman–Crippen MR) is 96.2 cm³/mol. The number of hydrogen-bond donors (Lipinski definition) is 1. The number of aromatic nitrogens is 2. The van der Waals surface area contributed by atoms with Crippen molar-refractivity contribution in [3.05, 3.63) is 54.2 Å². The molecular formula is C19H24N4O2. The number of benzene rings is 1. The van der Waals surface area contributed by atoms with Crippen LogP contribution in [0.5, 0.6) is 0 Å². The van der Waals surface area contributed by atoms with Gasteiger partial charge in [-0.2, -0.15) is 5.10 Å². The van der Waals surface area contributed by atoms with Crippen molar-refractivity contribution < 1.29 is 9.53 Å². The number of nitrogens with one attached hydrogen (secondary N) is 1. The third-order valence-corrected chi connectivity index (χ3v) is 4.38. The largest absolute Gasteiger partial charge is 0.371 e. The van der Waals surface area contributed by atoms with E-state index in [0.717, 1.165) is 38.2 Å². The molecule has 0 aliphatic carbocycles. The summed E-state index contributed by atoms with van der Waals surface area (Å²) in [6, 6.07) is 14.3. The standard InChI is InChI=1S/C19H24N4O2/c24-19(15-25-14-10-16-5-2-1-3-6-16)23-12-8-17(9-13-23)21-18-7-4-11-20-22-18/h1-7,11,17H,8-10,12-15H2,(H,21,22). The summed E-state index contributed by atoms with van der Waals surface area (Å²) in [6.45, 7) is 2.23. The molecule has 1 aromatic carbocycles. The van der Waals surface area contributed by atoms with Crippen molar-refractivity contribution in [2.75, 3.05) is 31.6 Å². The Kier molecular flexibility index (Phi) is 6.34. The first-order valence-electron chi connectivity index (χ1n) is 8.75. The molecule has 0 atom stereocenters. The number of ether oxygens (including phenoxy) is 1. The zero-order chi connectivity index (χ0) is 17.3. The second-order valence-electron chi connectivity index (χ2n) is 6.20. The first-order valence-corrected chi connectivity index (χ1v) is 8.75. The van der Waals surface area contributed by atoms with Crippen LogP contribution in [-0.2, 0) is 16.0 Å². The van der Waals surface area contributed by atoms with Crippen molar-refractivity contribution in [3.8, 4) is 0 Å². The molecule has 1 aromatic heterocycles. The van der Waals surface area contributed by atoms with Crippen LogP contribution in [0.4, 0.5) is 5.82 Å². The van der Waals surface area contributed by atoms with Gasteiger partial charge in [-0.3, -0.25) is 4.79 Å². The number of carbonyl (C=O) groups is 1. The van der Waals surface area contributed by atoms with Gasteiger partial charge in [0, 0.05) is 25.3 Å². The normalized spacial score (nSPS) is 15.1. The number of piperidine rings is 1. The molecular weight excluding hydrogens is 316 g/mol. The van der Waals surface area contributed by atoms with Crippen LogP contribution >= 0.6 is 0 Å². The molecule has 0 unspecified atom stereocenters. The Morgan fingerprint density at radius 3 is 2.68 bits per heavy atom. The molecule has 1 aliphatic rings. The minimum absolute atomic E-state index is 0.0750. The average molecular weight is 340 g/mol. The predicted octanol–water partition coefficient (Wildman–Crippen LogP) is 2.14. The van der Waals surface area contributed by atoms with Gasteiger partial charge in [0.15, 0.2) is 0 Å². The van der Waals surface area contributed by atoms with Gasteiger partial charge in [0.1, 0.15) is 12.4 Å². The van der Waals surface area contributed by atoms with Crippen molar-refractivity contribution in [2.24, 2.45) is 0 Å². The zero-order valence-corrected chi connectivity index (χ0v) is 14.3. The van der Waals surface area contributed by atoms with Gasteiger partial charge in [0.2, 0.25) is 5.91 Å². The highest BCUT2D eigenvalue weighted by Crippen LogP contribution is 2.14. The van der Waals surface area contributed by atoms with E-state index < -0.39 is 0 Å². The van der Waals surface area contributed by atoms with Crippen LogP contribution in [0.15, 0.2) is 48.7 Å². The highest BCUT2D eigenvalue weighted by molar-refractivity contribution is 5.77. The Morgan fingerprint density at radius 2 is 1.96 bits per heavy atom. The summed E-state index contributed by atoms with van der Waals surface area (Å²) in [5.41, 5.74) is 1.23. The van der Waals surface area contributed by atoms with Gasteiger partial charge in [-0.25, -0.2) is 0 Å². The molecule has 6 nitrogen and oxygen atoms in total.